The Morgan fingerprint density at radius 2 is 2.00 bits per heavy atom. The van der Waals surface area contributed by atoms with E-state index in [9.17, 15) is 13.2 Å². The molecular formula is C17H22ClNO4S. The minimum Gasteiger partial charge on any atom is -0.465 e. The monoisotopic (exact) mass is 371 g/mol. The number of nitrogens with zero attached hydrogens (tertiary/aromatic N) is 1. The van der Waals surface area contributed by atoms with Crippen LogP contribution in [0.3, 0.4) is 0 Å². The quantitative estimate of drug-likeness (QED) is 0.763. The van der Waals surface area contributed by atoms with Crippen LogP contribution in [0.1, 0.15) is 49.4 Å². The van der Waals surface area contributed by atoms with Gasteiger partial charge in [0.25, 0.3) is 0 Å². The van der Waals surface area contributed by atoms with Crippen LogP contribution in [0, 0.1) is 5.92 Å². The summed E-state index contributed by atoms with van der Waals surface area (Å²) in [6.45, 7) is 1.94. The zero-order valence-corrected chi connectivity index (χ0v) is 15.4. The Hall–Kier alpha value is -1.11. The van der Waals surface area contributed by atoms with Crippen molar-refractivity contribution >= 4 is 27.6 Å². The molecule has 7 heteroatoms. The molecule has 2 aliphatic rings. The summed E-state index contributed by atoms with van der Waals surface area (Å²) in [6, 6.07) is 4.21. The molecule has 1 aromatic rings. The Labute approximate surface area is 148 Å². The smallest absolute Gasteiger partial charge is 0.339 e. The van der Waals surface area contributed by atoms with Crippen molar-refractivity contribution in [2.45, 2.75) is 56.0 Å². The SMILES string of the molecule is COC(=O)c1ccc(Cl)cc1S(=O)(=O)N1C(C)CC2CCCCC21. The second-order valence-electron chi connectivity index (χ2n) is 6.66. The van der Waals surface area contributed by atoms with Crippen molar-refractivity contribution in [2.24, 2.45) is 5.92 Å². The highest BCUT2D eigenvalue weighted by atomic mass is 35.5. The van der Waals surface area contributed by atoms with Gasteiger partial charge in [-0.25, -0.2) is 13.2 Å². The molecule has 1 aliphatic carbocycles. The van der Waals surface area contributed by atoms with Gasteiger partial charge in [-0.05, 0) is 50.3 Å². The number of rotatable bonds is 3. The number of halogens is 1. The molecule has 3 atom stereocenters. The molecule has 3 rings (SSSR count). The van der Waals surface area contributed by atoms with Crippen LogP contribution in [0.4, 0.5) is 0 Å². The number of carbonyl (C=O) groups excluding carboxylic acids is 1. The van der Waals surface area contributed by atoms with Crippen molar-refractivity contribution in [3.63, 3.8) is 0 Å². The van der Waals surface area contributed by atoms with Gasteiger partial charge in [0.15, 0.2) is 0 Å². The van der Waals surface area contributed by atoms with E-state index in [0.717, 1.165) is 32.1 Å². The first-order valence-electron chi connectivity index (χ1n) is 8.27. The molecule has 0 radical (unpaired) electrons. The number of sulfonamides is 1. The lowest BCUT2D eigenvalue weighted by atomic mass is 9.85. The Morgan fingerprint density at radius 1 is 1.29 bits per heavy atom. The third kappa shape index (κ3) is 2.95. The second kappa shape index (κ2) is 6.65. The largest absolute Gasteiger partial charge is 0.465 e. The fourth-order valence-corrected chi connectivity index (χ4v) is 6.55. The molecule has 0 spiro atoms. The van der Waals surface area contributed by atoms with Gasteiger partial charge in [0.2, 0.25) is 10.0 Å². The summed E-state index contributed by atoms with van der Waals surface area (Å²) in [5, 5.41) is 0.285. The summed E-state index contributed by atoms with van der Waals surface area (Å²) in [6.07, 6.45) is 5.02. The van der Waals surface area contributed by atoms with Crippen molar-refractivity contribution in [3.05, 3.63) is 28.8 Å². The van der Waals surface area contributed by atoms with Crippen LogP contribution < -0.4 is 0 Å². The van der Waals surface area contributed by atoms with Crippen LogP contribution in [0.25, 0.3) is 0 Å². The average molecular weight is 372 g/mol. The van der Waals surface area contributed by atoms with Gasteiger partial charge in [0.1, 0.15) is 0 Å². The Balaban J connectivity index is 2.08. The van der Waals surface area contributed by atoms with Crippen molar-refractivity contribution < 1.29 is 17.9 Å². The number of methoxy groups -OCH3 is 1. The standard InChI is InChI=1S/C17H22ClNO4S/c1-11-9-12-5-3-4-6-15(12)19(11)24(21,22)16-10-13(18)7-8-14(16)17(20)23-2/h7-8,10-12,15H,3-6,9H2,1-2H3. The number of esters is 1. The first-order chi connectivity index (χ1) is 11.4. The van der Waals surface area contributed by atoms with E-state index in [1.54, 1.807) is 4.31 Å². The fraction of sp³-hybridized carbons (Fsp3) is 0.588. The summed E-state index contributed by atoms with van der Waals surface area (Å²) >= 11 is 6.02. The minimum atomic E-state index is -3.82. The number of ether oxygens (including phenoxy) is 1. The molecule has 1 saturated carbocycles. The summed E-state index contributed by atoms with van der Waals surface area (Å²) in [7, 11) is -2.58. The molecule has 0 aromatic heterocycles. The molecular weight excluding hydrogens is 350 g/mol. The van der Waals surface area contributed by atoms with Gasteiger partial charge in [-0.2, -0.15) is 4.31 Å². The molecule has 24 heavy (non-hydrogen) atoms. The number of benzene rings is 1. The topological polar surface area (TPSA) is 63.7 Å². The molecule has 0 bridgehead atoms. The maximum atomic E-state index is 13.4. The van der Waals surface area contributed by atoms with E-state index in [-0.39, 0.29) is 27.6 Å². The molecule has 1 aliphatic heterocycles. The maximum Gasteiger partial charge on any atom is 0.339 e. The third-order valence-corrected chi connectivity index (χ3v) is 7.49. The predicted octanol–water partition coefficient (Wildman–Crippen LogP) is 3.47. The van der Waals surface area contributed by atoms with E-state index in [0.29, 0.717) is 5.92 Å². The van der Waals surface area contributed by atoms with Crippen molar-refractivity contribution in [1.29, 1.82) is 0 Å². The van der Waals surface area contributed by atoms with Crippen molar-refractivity contribution in [1.82, 2.24) is 4.31 Å². The zero-order chi connectivity index (χ0) is 17.5. The van der Waals surface area contributed by atoms with Crippen molar-refractivity contribution in [3.8, 4) is 0 Å². The van der Waals surface area contributed by atoms with Crippen LogP contribution >= 0.6 is 11.6 Å². The number of carbonyl (C=O) groups is 1. The fourth-order valence-electron chi connectivity index (χ4n) is 4.18. The summed E-state index contributed by atoms with van der Waals surface area (Å²) < 4.78 is 33.1. The van der Waals surface area contributed by atoms with Gasteiger partial charge >= 0.3 is 5.97 Å². The summed E-state index contributed by atoms with van der Waals surface area (Å²) in [4.78, 5) is 12.0. The predicted molar refractivity (Wildman–Crippen MR) is 91.6 cm³/mol. The van der Waals surface area contributed by atoms with E-state index in [2.05, 4.69) is 0 Å². The van der Waals surface area contributed by atoms with Crippen LogP contribution in [0.15, 0.2) is 23.1 Å². The molecule has 0 N–H and O–H groups in total. The lowest BCUT2D eigenvalue weighted by molar-refractivity contribution is 0.0596. The molecule has 0 amide bonds. The Morgan fingerprint density at radius 3 is 2.71 bits per heavy atom. The zero-order valence-electron chi connectivity index (χ0n) is 13.9. The van der Waals surface area contributed by atoms with Gasteiger partial charge in [0.05, 0.1) is 17.6 Å². The summed E-state index contributed by atoms with van der Waals surface area (Å²) in [5.41, 5.74) is 0.0355. The highest BCUT2D eigenvalue weighted by Gasteiger charge is 2.47. The van der Waals surface area contributed by atoms with Crippen LogP contribution in [-0.4, -0.2) is 37.9 Å². The minimum absolute atomic E-state index is 0.0169. The first-order valence-corrected chi connectivity index (χ1v) is 10.1. The number of hydrogen-bond acceptors (Lipinski definition) is 4. The van der Waals surface area contributed by atoms with Crippen LogP contribution in [0.2, 0.25) is 5.02 Å². The van der Waals surface area contributed by atoms with E-state index >= 15 is 0 Å². The van der Waals surface area contributed by atoms with Gasteiger partial charge in [0, 0.05) is 17.1 Å². The Bertz CT molecular complexity index is 749. The van der Waals surface area contributed by atoms with E-state index in [1.807, 2.05) is 6.92 Å². The van der Waals surface area contributed by atoms with Gasteiger partial charge < -0.3 is 4.74 Å². The molecule has 1 heterocycles. The highest BCUT2D eigenvalue weighted by Crippen LogP contribution is 2.43. The van der Waals surface area contributed by atoms with E-state index in [1.165, 1.54) is 25.3 Å². The third-order valence-electron chi connectivity index (χ3n) is 5.18. The first kappa shape index (κ1) is 17.7. The second-order valence-corrected chi connectivity index (χ2v) is 8.91. The molecule has 1 saturated heterocycles. The normalized spacial score (nSPS) is 27.7. The number of fused-ring (bicyclic) bond motifs is 1. The molecule has 5 nitrogen and oxygen atoms in total. The van der Waals surface area contributed by atoms with Crippen LogP contribution in [-0.2, 0) is 14.8 Å². The van der Waals surface area contributed by atoms with Gasteiger partial charge in [-0.15, -0.1) is 0 Å². The van der Waals surface area contributed by atoms with E-state index in [4.69, 9.17) is 16.3 Å². The summed E-state index contributed by atoms with van der Waals surface area (Å²) in [5.74, 6) is -0.262. The maximum absolute atomic E-state index is 13.4. The molecule has 132 valence electrons. The van der Waals surface area contributed by atoms with Crippen LogP contribution in [0.5, 0.6) is 0 Å². The van der Waals surface area contributed by atoms with Crippen molar-refractivity contribution in [2.75, 3.05) is 7.11 Å². The highest BCUT2D eigenvalue weighted by molar-refractivity contribution is 7.89. The number of hydrogen-bond donors (Lipinski definition) is 0. The molecule has 2 fully saturated rings. The molecule has 1 aromatic carbocycles. The lowest BCUT2D eigenvalue weighted by Gasteiger charge is -2.32. The Kier molecular flexibility index (Phi) is 4.91. The van der Waals surface area contributed by atoms with Gasteiger partial charge in [-0.1, -0.05) is 24.4 Å². The molecule has 3 unspecified atom stereocenters. The lowest BCUT2D eigenvalue weighted by Crippen LogP contribution is -2.42. The van der Waals surface area contributed by atoms with Gasteiger partial charge in [-0.3, -0.25) is 0 Å². The van der Waals surface area contributed by atoms with E-state index < -0.39 is 16.0 Å². The average Bonchev–Trinajstić information content (AvgIpc) is 2.90.